The second-order valence-electron chi connectivity index (χ2n) is 30.2. The molecule has 15 heteroatoms. The summed E-state index contributed by atoms with van der Waals surface area (Å²) >= 11 is 1.76. The van der Waals surface area contributed by atoms with Gasteiger partial charge in [-0.15, -0.1) is 0 Å². The zero-order valence-electron chi connectivity index (χ0n) is 56.9. The van der Waals surface area contributed by atoms with Crippen molar-refractivity contribution in [3.8, 4) is 46.0 Å². The van der Waals surface area contributed by atoms with Crippen LogP contribution >= 0.6 is 11.9 Å². The van der Waals surface area contributed by atoms with Gasteiger partial charge in [-0.3, -0.25) is 4.31 Å². The highest BCUT2D eigenvalue weighted by Crippen LogP contribution is 2.50. The molecule has 1 N–H and O–H groups in total. The Morgan fingerprint density at radius 3 is 1.25 bits per heavy atom. The van der Waals surface area contributed by atoms with E-state index < -0.39 is 24.2 Å². The minimum absolute atomic E-state index is 0.0310. The molecule has 9 heterocycles. The Labute approximate surface area is 596 Å². The summed E-state index contributed by atoms with van der Waals surface area (Å²) in [5.74, 6) is 6.55. The van der Waals surface area contributed by atoms with Crippen molar-refractivity contribution in [1.82, 2.24) is 0 Å². The van der Waals surface area contributed by atoms with Gasteiger partial charge in [-0.25, -0.2) is 0 Å². The summed E-state index contributed by atoms with van der Waals surface area (Å²) in [6, 6.07) is 95.8. The van der Waals surface area contributed by atoms with Crippen molar-refractivity contribution >= 4 is 193 Å². The van der Waals surface area contributed by atoms with E-state index in [0.29, 0.717) is 0 Å². The predicted octanol–water partition coefficient (Wildman–Crippen LogP) is 12.0. The van der Waals surface area contributed by atoms with Gasteiger partial charge in [0, 0.05) is 81.7 Å². The summed E-state index contributed by atoms with van der Waals surface area (Å²) in [4.78, 5) is 4.91. The highest BCUT2D eigenvalue weighted by Gasteiger charge is 2.51. The molecule has 0 aliphatic carbocycles. The van der Waals surface area contributed by atoms with Gasteiger partial charge in [0.15, 0.2) is 0 Å². The van der Waals surface area contributed by atoms with Crippen LogP contribution in [-0.4, -0.2) is 50.6 Å². The van der Waals surface area contributed by atoms with Crippen molar-refractivity contribution in [2.75, 3.05) is 25.7 Å². The lowest BCUT2D eigenvalue weighted by atomic mass is 9.30. The minimum Gasteiger partial charge on any atom is -0.458 e. The molecule has 0 saturated carbocycles. The molecule has 0 amide bonds. The van der Waals surface area contributed by atoms with E-state index in [2.05, 4.69) is 320 Å². The lowest BCUT2D eigenvalue weighted by Gasteiger charge is -2.43. The predicted molar refractivity (Wildman–Crippen MR) is 432 cm³/mol. The first kappa shape index (κ1) is 58.3. The molecule has 0 radical (unpaired) electrons. The van der Waals surface area contributed by atoms with Crippen molar-refractivity contribution in [3.63, 3.8) is 0 Å². The molecule has 9 aliphatic rings. The van der Waals surface area contributed by atoms with E-state index in [1.54, 1.807) is 11.9 Å². The van der Waals surface area contributed by atoms with E-state index in [0.717, 1.165) is 118 Å². The van der Waals surface area contributed by atoms with Gasteiger partial charge >= 0.3 is 0 Å². The van der Waals surface area contributed by atoms with Crippen molar-refractivity contribution in [2.24, 2.45) is 0 Å². The Morgan fingerprint density at radius 2 is 0.723 bits per heavy atom. The molecule has 13 aromatic rings. The topological polar surface area (TPSA) is 58.7 Å². The van der Waals surface area contributed by atoms with Crippen LogP contribution in [0.5, 0.6) is 46.0 Å². The number of rotatable bonds is 4. The van der Waals surface area contributed by atoms with Gasteiger partial charge in [0.2, 0.25) is 0 Å². The quantitative estimate of drug-likeness (QED) is 0.137. The molecule has 22 rings (SSSR count). The average molecular weight is 1370 g/mol. The number of fused-ring (bicyclic) bond motifs is 18. The van der Waals surface area contributed by atoms with E-state index in [1.807, 2.05) is 0 Å². The van der Waals surface area contributed by atoms with Crippen LogP contribution in [0.1, 0.15) is 22.6 Å². The zero-order valence-corrected chi connectivity index (χ0v) is 60.8. The molecule has 0 aromatic heterocycles. The van der Waals surface area contributed by atoms with E-state index in [1.165, 1.54) is 81.5 Å². The summed E-state index contributed by atoms with van der Waals surface area (Å²) in [5, 5.41) is 12.8. The van der Waals surface area contributed by atoms with Crippen LogP contribution in [0.2, 0.25) is 39.3 Å². The Kier molecular flexibility index (Phi) is 11.9. The Hall–Kier alpha value is -10.5. The molecule has 101 heavy (non-hydrogen) atoms. The summed E-state index contributed by atoms with van der Waals surface area (Å²) in [7, 11) is -6.24. The molecule has 0 saturated heterocycles. The lowest BCUT2D eigenvalue weighted by Crippen LogP contribution is -2.64. The number of hydrogen-bond acceptors (Lipinski definition) is 9. The third-order valence-electron chi connectivity index (χ3n) is 24.1. The number of nitrogens with one attached hydrogen (secondary N) is 1. The maximum absolute atomic E-state index is 7.75. The molecule has 480 valence electrons. The molecular formula is C86H65B3N4O4SSi3. The molecule has 9 aliphatic heterocycles. The number of hydrogen-bond donors (Lipinski definition) is 1. The SMILES string of the molecule is CSN1c2cc3c(cc2B2c4cc5c(cc4Oc4cc(C6c7ccccc7[Si](C)(C)c7ccccc76)cc1c42)Oc1cc(N2c4ccccc4[Si](C)(C)c4ccccc42)cc2c1B5c1ccccc1O2)B1c2ccccc2Oc2cc(N4c5ccccc5[Si](C)(C)c5ccccc54)cc(c21)N3. The van der Waals surface area contributed by atoms with Crippen molar-refractivity contribution in [2.45, 2.75) is 45.2 Å². The maximum Gasteiger partial charge on any atom is 0.260 e. The molecule has 0 atom stereocenters. The van der Waals surface area contributed by atoms with E-state index in [9.17, 15) is 0 Å². The summed E-state index contributed by atoms with van der Waals surface area (Å²) < 4.78 is 32.2. The molecular weight excluding hydrogens is 1300 g/mol. The second kappa shape index (κ2) is 20.6. The third-order valence-corrected chi connectivity index (χ3v) is 35.5. The van der Waals surface area contributed by atoms with Gasteiger partial charge in [-0.2, -0.15) is 0 Å². The van der Waals surface area contributed by atoms with Gasteiger partial charge in [-0.05, 0) is 154 Å². The van der Waals surface area contributed by atoms with Crippen molar-refractivity contribution in [3.05, 3.63) is 271 Å². The number of benzene rings is 13. The molecule has 0 unspecified atom stereocenters. The first-order valence-electron chi connectivity index (χ1n) is 35.4. The first-order chi connectivity index (χ1) is 49.3. The maximum atomic E-state index is 7.75. The molecule has 8 nitrogen and oxygen atoms in total. The standard InChI is InChI=1S/C86H65B3N4O4SSi3/c1-98-93-67-48-61-57(87-55-26-10-16-32-69(55)94-74-43-51(42-62(90-61)84(74)87)91-63-28-12-20-36-79(63)100(4,5)80-37-21-13-29-64(80)91)46-58(67)89-60-47-59-71(49-72(60)96-73-41-50(40-68(93)85(73)89)83-53-24-8-18-34-77(53)99(2,3)78-35-19-9-25-54(78)83)97-76-45-52(44-75-86(76)88(59)56-27-11-17-33-70(56)95-75)92-65-30-14-22-38-81(65)101(6,7)82-39-23-15-31-66(82)92/h8-49,83,90H,1-7H3. The van der Waals surface area contributed by atoms with Crippen molar-refractivity contribution in [1.29, 1.82) is 0 Å². The molecule has 0 spiro atoms. The van der Waals surface area contributed by atoms with Crippen LogP contribution in [0.3, 0.4) is 0 Å². The average Bonchev–Trinajstić information content (AvgIpc) is 0.696. The number of anilines is 10. The fourth-order valence-corrected chi connectivity index (χ4v) is 29.4. The van der Waals surface area contributed by atoms with Crippen LogP contribution < -0.4 is 119 Å². The van der Waals surface area contributed by atoms with Gasteiger partial charge < -0.3 is 34.1 Å². The monoisotopic (exact) mass is 1370 g/mol. The molecule has 0 fully saturated rings. The van der Waals surface area contributed by atoms with Crippen LogP contribution in [0, 0.1) is 0 Å². The highest BCUT2D eigenvalue weighted by molar-refractivity contribution is 8.00. The van der Waals surface area contributed by atoms with E-state index >= 15 is 0 Å². The summed E-state index contributed by atoms with van der Waals surface area (Å²) in [5.41, 5.74) is 25.5. The number of para-hydroxylation sites is 6. The number of ether oxygens (including phenoxy) is 4. The third kappa shape index (κ3) is 7.84. The number of nitrogens with zero attached hydrogens (tertiary/aromatic N) is 3. The zero-order chi connectivity index (χ0) is 67.3. The Bertz CT molecular complexity index is 5780. The van der Waals surface area contributed by atoms with Crippen LogP contribution in [-0.2, 0) is 0 Å². The fraction of sp³-hybridized carbons (Fsp3) is 0.0930. The van der Waals surface area contributed by atoms with Crippen LogP contribution in [0.15, 0.2) is 255 Å². The minimum atomic E-state index is -2.10. The summed E-state index contributed by atoms with van der Waals surface area (Å²) in [6.45, 7) is 14.4. The first-order valence-corrected chi connectivity index (χ1v) is 45.6. The van der Waals surface area contributed by atoms with Crippen molar-refractivity contribution < 1.29 is 18.9 Å². The van der Waals surface area contributed by atoms with Gasteiger partial charge in [0.25, 0.3) is 20.1 Å². The smallest absolute Gasteiger partial charge is 0.260 e. The highest BCUT2D eigenvalue weighted by atomic mass is 32.2. The lowest BCUT2D eigenvalue weighted by molar-refractivity contribution is 0.456. The van der Waals surface area contributed by atoms with Gasteiger partial charge in [0.1, 0.15) is 70.2 Å². The Morgan fingerprint density at radius 1 is 0.317 bits per heavy atom. The van der Waals surface area contributed by atoms with Gasteiger partial charge in [0.05, 0.1) is 17.1 Å². The second-order valence-corrected chi connectivity index (χ2v) is 44.0. The fourth-order valence-electron chi connectivity index (χ4n) is 19.5. The van der Waals surface area contributed by atoms with E-state index in [4.69, 9.17) is 18.9 Å². The molecule has 13 aromatic carbocycles. The largest absolute Gasteiger partial charge is 0.458 e. The van der Waals surface area contributed by atoms with E-state index in [-0.39, 0.29) is 26.1 Å². The summed E-state index contributed by atoms with van der Waals surface area (Å²) in [6.07, 6.45) is 2.23. The molecule has 0 bridgehead atoms. The Balaban J connectivity index is 0.759. The normalized spacial score (nSPS) is 16.4. The van der Waals surface area contributed by atoms with Crippen LogP contribution in [0.25, 0.3) is 0 Å². The van der Waals surface area contributed by atoms with Crippen LogP contribution in [0.4, 0.5) is 56.9 Å². The van der Waals surface area contributed by atoms with Gasteiger partial charge in [-0.1, -0.05) is 220 Å².